The SMILES string of the molecule is CC(O)CCCNC(=O)c1ccc(Cl)nn1. The first-order chi connectivity index (χ1) is 7.59. The van der Waals surface area contributed by atoms with Crippen molar-refractivity contribution in [3.63, 3.8) is 0 Å². The fourth-order valence-corrected chi connectivity index (χ4v) is 1.23. The van der Waals surface area contributed by atoms with E-state index < -0.39 is 0 Å². The maximum Gasteiger partial charge on any atom is 0.271 e. The van der Waals surface area contributed by atoms with Crippen LogP contribution in [0.15, 0.2) is 12.1 Å². The summed E-state index contributed by atoms with van der Waals surface area (Å²) in [6.07, 6.45) is 1.05. The van der Waals surface area contributed by atoms with Crippen molar-refractivity contribution in [2.75, 3.05) is 6.54 Å². The molecule has 1 heterocycles. The number of aromatic nitrogens is 2. The van der Waals surface area contributed by atoms with Gasteiger partial charge in [0.1, 0.15) is 0 Å². The number of nitrogens with zero attached hydrogens (tertiary/aromatic N) is 2. The Kier molecular flexibility index (Phi) is 5.14. The van der Waals surface area contributed by atoms with Crippen LogP contribution in [-0.4, -0.2) is 33.9 Å². The molecule has 1 unspecified atom stereocenters. The van der Waals surface area contributed by atoms with E-state index in [-0.39, 0.29) is 22.9 Å². The van der Waals surface area contributed by atoms with Crippen molar-refractivity contribution >= 4 is 17.5 Å². The molecule has 88 valence electrons. The summed E-state index contributed by atoms with van der Waals surface area (Å²) in [4.78, 5) is 11.5. The molecule has 1 amide bonds. The lowest BCUT2D eigenvalue weighted by atomic mass is 10.2. The number of amides is 1. The van der Waals surface area contributed by atoms with Crippen molar-refractivity contribution in [1.82, 2.24) is 15.5 Å². The summed E-state index contributed by atoms with van der Waals surface area (Å²) in [5, 5.41) is 19.2. The fraction of sp³-hybridized carbons (Fsp3) is 0.500. The van der Waals surface area contributed by atoms with Gasteiger partial charge in [-0.25, -0.2) is 0 Å². The summed E-state index contributed by atoms with van der Waals surface area (Å²) < 4.78 is 0. The average Bonchev–Trinajstić information content (AvgIpc) is 2.25. The molecule has 6 heteroatoms. The maximum atomic E-state index is 11.5. The van der Waals surface area contributed by atoms with Crippen LogP contribution < -0.4 is 5.32 Å². The molecular formula is C10H14ClN3O2. The standard InChI is InChI=1S/C10H14ClN3O2/c1-7(15)3-2-6-12-10(16)8-4-5-9(11)14-13-8/h4-5,7,15H,2-3,6H2,1H3,(H,12,16). The first-order valence-electron chi connectivity index (χ1n) is 5.05. The van der Waals surface area contributed by atoms with E-state index in [4.69, 9.17) is 16.7 Å². The monoisotopic (exact) mass is 243 g/mol. The molecule has 1 aromatic rings. The van der Waals surface area contributed by atoms with Gasteiger partial charge in [-0.3, -0.25) is 4.79 Å². The molecule has 0 saturated carbocycles. The van der Waals surface area contributed by atoms with Crippen molar-refractivity contribution in [3.8, 4) is 0 Å². The molecule has 0 fully saturated rings. The van der Waals surface area contributed by atoms with Crippen molar-refractivity contribution in [2.45, 2.75) is 25.9 Å². The van der Waals surface area contributed by atoms with Gasteiger partial charge in [-0.2, -0.15) is 0 Å². The van der Waals surface area contributed by atoms with Crippen molar-refractivity contribution < 1.29 is 9.90 Å². The number of carbonyl (C=O) groups excluding carboxylic acids is 1. The quantitative estimate of drug-likeness (QED) is 0.758. The van der Waals surface area contributed by atoms with Gasteiger partial charge in [0.2, 0.25) is 0 Å². The fourth-order valence-electron chi connectivity index (χ4n) is 1.13. The number of halogens is 1. The second-order valence-corrected chi connectivity index (χ2v) is 3.88. The van der Waals surface area contributed by atoms with Crippen LogP contribution in [0.4, 0.5) is 0 Å². The average molecular weight is 244 g/mol. The molecule has 0 aliphatic heterocycles. The van der Waals surface area contributed by atoms with Crippen LogP contribution in [0.1, 0.15) is 30.3 Å². The van der Waals surface area contributed by atoms with Crippen LogP contribution in [0.2, 0.25) is 5.15 Å². The third kappa shape index (κ3) is 4.55. The topological polar surface area (TPSA) is 75.1 Å². The van der Waals surface area contributed by atoms with E-state index in [2.05, 4.69) is 15.5 Å². The van der Waals surface area contributed by atoms with Crippen LogP contribution in [0.25, 0.3) is 0 Å². The van der Waals surface area contributed by atoms with E-state index in [9.17, 15) is 4.79 Å². The van der Waals surface area contributed by atoms with Gasteiger partial charge in [0.15, 0.2) is 10.8 Å². The molecule has 1 atom stereocenters. The van der Waals surface area contributed by atoms with Gasteiger partial charge >= 0.3 is 0 Å². The predicted molar refractivity (Wildman–Crippen MR) is 60.3 cm³/mol. The number of rotatable bonds is 5. The molecular weight excluding hydrogens is 230 g/mol. The Morgan fingerprint density at radius 1 is 1.56 bits per heavy atom. The highest BCUT2D eigenvalue weighted by Gasteiger charge is 2.06. The zero-order valence-electron chi connectivity index (χ0n) is 8.98. The highest BCUT2D eigenvalue weighted by molar-refractivity contribution is 6.29. The Balaban J connectivity index is 2.32. The molecule has 0 radical (unpaired) electrons. The van der Waals surface area contributed by atoms with E-state index in [1.54, 1.807) is 6.92 Å². The summed E-state index contributed by atoms with van der Waals surface area (Å²) in [7, 11) is 0. The lowest BCUT2D eigenvalue weighted by Crippen LogP contribution is -2.26. The van der Waals surface area contributed by atoms with Crippen molar-refractivity contribution in [3.05, 3.63) is 23.0 Å². The molecule has 0 aromatic carbocycles. The number of nitrogens with one attached hydrogen (secondary N) is 1. The van der Waals surface area contributed by atoms with Gasteiger partial charge in [-0.15, -0.1) is 10.2 Å². The zero-order valence-corrected chi connectivity index (χ0v) is 9.74. The molecule has 0 aliphatic rings. The zero-order chi connectivity index (χ0) is 12.0. The summed E-state index contributed by atoms with van der Waals surface area (Å²) in [5.41, 5.74) is 0.237. The number of carbonyl (C=O) groups is 1. The minimum atomic E-state index is -0.341. The van der Waals surface area contributed by atoms with E-state index in [1.165, 1.54) is 12.1 Å². The van der Waals surface area contributed by atoms with Crippen molar-refractivity contribution in [2.24, 2.45) is 0 Å². The Morgan fingerprint density at radius 2 is 2.31 bits per heavy atom. The van der Waals surface area contributed by atoms with Crippen LogP contribution >= 0.6 is 11.6 Å². The normalized spacial score (nSPS) is 12.2. The lowest BCUT2D eigenvalue weighted by molar-refractivity contribution is 0.0943. The van der Waals surface area contributed by atoms with E-state index in [0.29, 0.717) is 13.0 Å². The number of aliphatic hydroxyl groups is 1. The Hall–Kier alpha value is -1.20. The predicted octanol–water partition coefficient (Wildman–Crippen LogP) is 1.02. The van der Waals surface area contributed by atoms with Crippen LogP contribution in [-0.2, 0) is 0 Å². The highest BCUT2D eigenvalue weighted by atomic mass is 35.5. The largest absolute Gasteiger partial charge is 0.393 e. The molecule has 16 heavy (non-hydrogen) atoms. The summed E-state index contributed by atoms with van der Waals surface area (Å²) in [5.74, 6) is -0.283. The number of hydrogen-bond acceptors (Lipinski definition) is 4. The third-order valence-electron chi connectivity index (χ3n) is 1.95. The van der Waals surface area contributed by atoms with Gasteiger partial charge in [-0.1, -0.05) is 11.6 Å². The van der Waals surface area contributed by atoms with E-state index in [1.807, 2.05) is 0 Å². The van der Waals surface area contributed by atoms with Gasteiger partial charge < -0.3 is 10.4 Å². The summed E-state index contributed by atoms with van der Waals surface area (Å²) in [6.45, 7) is 2.22. The summed E-state index contributed by atoms with van der Waals surface area (Å²) in [6, 6.07) is 3.03. The third-order valence-corrected chi connectivity index (χ3v) is 2.15. The Morgan fingerprint density at radius 3 is 2.88 bits per heavy atom. The first kappa shape index (κ1) is 12.9. The molecule has 1 rings (SSSR count). The van der Waals surface area contributed by atoms with E-state index >= 15 is 0 Å². The minimum absolute atomic E-state index is 0.237. The molecule has 0 aliphatic carbocycles. The number of aliphatic hydroxyl groups excluding tert-OH is 1. The van der Waals surface area contributed by atoms with Gasteiger partial charge in [0.25, 0.3) is 5.91 Å². The molecule has 1 aromatic heterocycles. The molecule has 5 nitrogen and oxygen atoms in total. The Bertz CT molecular complexity index is 340. The maximum absolute atomic E-state index is 11.5. The van der Waals surface area contributed by atoms with Gasteiger partial charge in [0, 0.05) is 6.54 Å². The second-order valence-electron chi connectivity index (χ2n) is 3.49. The molecule has 0 bridgehead atoms. The molecule has 0 saturated heterocycles. The minimum Gasteiger partial charge on any atom is -0.393 e. The van der Waals surface area contributed by atoms with Gasteiger partial charge in [0.05, 0.1) is 6.10 Å². The van der Waals surface area contributed by atoms with Gasteiger partial charge in [-0.05, 0) is 31.9 Å². The second kappa shape index (κ2) is 6.40. The van der Waals surface area contributed by atoms with Crippen molar-refractivity contribution in [1.29, 1.82) is 0 Å². The molecule has 0 spiro atoms. The summed E-state index contributed by atoms with van der Waals surface area (Å²) >= 11 is 5.54. The first-order valence-corrected chi connectivity index (χ1v) is 5.43. The lowest BCUT2D eigenvalue weighted by Gasteiger charge is -2.05. The van der Waals surface area contributed by atoms with Crippen LogP contribution in [0.3, 0.4) is 0 Å². The molecule has 2 N–H and O–H groups in total. The van der Waals surface area contributed by atoms with E-state index in [0.717, 1.165) is 6.42 Å². The van der Waals surface area contributed by atoms with Crippen LogP contribution in [0, 0.1) is 0 Å². The van der Waals surface area contributed by atoms with Crippen LogP contribution in [0.5, 0.6) is 0 Å². The Labute approximate surface area is 98.8 Å². The number of hydrogen-bond donors (Lipinski definition) is 2. The smallest absolute Gasteiger partial charge is 0.271 e. The highest BCUT2D eigenvalue weighted by Crippen LogP contribution is 2.02.